The number of hydrogen-bond donors (Lipinski definition) is 0. The van der Waals surface area contributed by atoms with Gasteiger partial charge in [-0.2, -0.15) is 4.98 Å². The van der Waals surface area contributed by atoms with Crippen molar-refractivity contribution in [3.05, 3.63) is 23.2 Å². The van der Waals surface area contributed by atoms with Gasteiger partial charge >= 0.3 is 0 Å². The van der Waals surface area contributed by atoms with E-state index < -0.39 is 0 Å². The molecule has 23 heavy (non-hydrogen) atoms. The van der Waals surface area contributed by atoms with E-state index in [9.17, 15) is 0 Å². The molecule has 0 radical (unpaired) electrons. The van der Waals surface area contributed by atoms with E-state index in [1.54, 1.807) is 0 Å². The highest BCUT2D eigenvalue weighted by atomic mass is 16.5. The Kier molecular flexibility index (Phi) is 5.13. The number of aromatic nitrogens is 2. The molecule has 0 N–H and O–H groups in total. The zero-order valence-corrected chi connectivity index (χ0v) is 14.2. The summed E-state index contributed by atoms with van der Waals surface area (Å²) in [5.41, 5.74) is 1.20. The van der Waals surface area contributed by atoms with E-state index in [1.807, 2.05) is 6.07 Å². The van der Waals surface area contributed by atoms with Crippen LogP contribution in [-0.2, 0) is 17.7 Å². The molecule has 0 spiro atoms. The second-order valence-corrected chi connectivity index (χ2v) is 5.89. The Labute approximate surface area is 136 Å². The van der Waals surface area contributed by atoms with Gasteiger partial charge in [-0.05, 0) is 25.6 Å². The molecule has 1 saturated heterocycles. The van der Waals surface area contributed by atoms with E-state index in [4.69, 9.17) is 13.7 Å². The quantitative estimate of drug-likeness (QED) is 0.780. The number of aryl methyl sites for hydroxylation is 1. The number of furan rings is 1. The van der Waals surface area contributed by atoms with Crippen molar-refractivity contribution in [2.45, 2.75) is 46.1 Å². The molecule has 3 rings (SSSR count). The van der Waals surface area contributed by atoms with Gasteiger partial charge in [0, 0.05) is 31.1 Å². The first-order valence-electron chi connectivity index (χ1n) is 8.50. The summed E-state index contributed by atoms with van der Waals surface area (Å²) in [6, 6.07) is 2.04. The van der Waals surface area contributed by atoms with Crippen molar-refractivity contribution in [3.63, 3.8) is 0 Å². The first kappa shape index (κ1) is 16.2. The van der Waals surface area contributed by atoms with Crippen molar-refractivity contribution in [1.29, 1.82) is 0 Å². The van der Waals surface area contributed by atoms with E-state index in [-0.39, 0.29) is 5.92 Å². The molecule has 6 nitrogen and oxygen atoms in total. The summed E-state index contributed by atoms with van der Waals surface area (Å²) in [6.45, 7) is 10.8. The molecule has 1 atom stereocenters. The van der Waals surface area contributed by atoms with E-state index in [2.05, 4.69) is 35.8 Å². The van der Waals surface area contributed by atoms with Gasteiger partial charge in [0.25, 0.3) is 5.89 Å². The molecule has 0 saturated carbocycles. The van der Waals surface area contributed by atoms with Gasteiger partial charge in [0.1, 0.15) is 5.76 Å². The second kappa shape index (κ2) is 7.27. The molecule has 6 heteroatoms. The molecule has 1 aliphatic rings. The minimum Gasteiger partial charge on any atom is -0.456 e. The maximum Gasteiger partial charge on any atom is 0.293 e. The fourth-order valence-corrected chi connectivity index (χ4v) is 2.93. The normalized spacial score (nSPS) is 18.2. The van der Waals surface area contributed by atoms with Crippen LogP contribution in [0.15, 0.2) is 15.0 Å². The van der Waals surface area contributed by atoms with Gasteiger partial charge in [0.05, 0.1) is 6.61 Å². The Hall–Kier alpha value is -1.66. The zero-order chi connectivity index (χ0) is 16.2. The van der Waals surface area contributed by atoms with Gasteiger partial charge < -0.3 is 13.7 Å². The van der Waals surface area contributed by atoms with Crippen molar-refractivity contribution in [2.24, 2.45) is 0 Å². The third-order valence-corrected chi connectivity index (χ3v) is 4.45. The van der Waals surface area contributed by atoms with Crippen LogP contribution in [0.2, 0.25) is 0 Å². The van der Waals surface area contributed by atoms with Crippen molar-refractivity contribution in [1.82, 2.24) is 15.0 Å². The molecule has 3 heterocycles. The first-order chi connectivity index (χ1) is 11.2. The van der Waals surface area contributed by atoms with Gasteiger partial charge in [-0.25, -0.2) is 0 Å². The Balaban J connectivity index is 1.81. The zero-order valence-electron chi connectivity index (χ0n) is 14.2. The molecule has 1 aliphatic heterocycles. The van der Waals surface area contributed by atoms with Crippen LogP contribution in [-0.4, -0.2) is 41.3 Å². The Bertz CT molecular complexity index is 625. The van der Waals surface area contributed by atoms with Crippen LogP contribution in [0.25, 0.3) is 11.7 Å². The van der Waals surface area contributed by atoms with Gasteiger partial charge in [-0.3, -0.25) is 4.90 Å². The SMILES string of the molecule is CCc1oc(-c2nc([C@H]3CCOC3)no2)cc1CN(CC)CC. The van der Waals surface area contributed by atoms with Gasteiger partial charge in [0.15, 0.2) is 11.6 Å². The molecule has 0 aliphatic carbocycles. The van der Waals surface area contributed by atoms with Gasteiger partial charge in [-0.1, -0.05) is 25.9 Å². The number of rotatable bonds is 7. The Morgan fingerprint density at radius 2 is 2.09 bits per heavy atom. The van der Waals surface area contributed by atoms with Crippen molar-refractivity contribution in [2.75, 3.05) is 26.3 Å². The van der Waals surface area contributed by atoms with E-state index in [0.717, 1.165) is 50.7 Å². The lowest BCUT2D eigenvalue weighted by Gasteiger charge is -2.17. The highest BCUT2D eigenvalue weighted by molar-refractivity contribution is 5.47. The van der Waals surface area contributed by atoms with Crippen LogP contribution in [0.3, 0.4) is 0 Å². The topological polar surface area (TPSA) is 64.5 Å². The monoisotopic (exact) mass is 319 g/mol. The minimum atomic E-state index is 0.239. The highest BCUT2D eigenvalue weighted by Gasteiger charge is 2.25. The van der Waals surface area contributed by atoms with Crippen LogP contribution in [0.5, 0.6) is 0 Å². The average molecular weight is 319 g/mol. The van der Waals surface area contributed by atoms with Crippen LogP contribution in [0.1, 0.15) is 50.3 Å². The van der Waals surface area contributed by atoms with E-state index >= 15 is 0 Å². The standard InChI is InChI=1S/C17H25N3O3/c1-4-14-13(10-20(5-2)6-3)9-15(22-14)17-18-16(19-23-17)12-7-8-21-11-12/h9,12H,4-8,10-11H2,1-3H3/t12-/m0/s1. The van der Waals surface area contributed by atoms with Crippen LogP contribution in [0.4, 0.5) is 0 Å². The van der Waals surface area contributed by atoms with E-state index in [0.29, 0.717) is 18.3 Å². The molecule has 2 aromatic rings. The number of ether oxygens (including phenoxy) is 1. The number of nitrogens with zero attached hydrogens (tertiary/aromatic N) is 3. The summed E-state index contributed by atoms with van der Waals surface area (Å²) in [7, 11) is 0. The molecule has 0 bridgehead atoms. The van der Waals surface area contributed by atoms with Crippen LogP contribution in [0, 0.1) is 0 Å². The molecule has 0 amide bonds. The predicted octanol–water partition coefficient (Wildman–Crippen LogP) is 3.24. The summed E-state index contributed by atoms with van der Waals surface area (Å²) in [5, 5.41) is 4.10. The lowest BCUT2D eigenvalue weighted by Crippen LogP contribution is -2.22. The van der Waals surface area contributed by atoms with Crippen molar-refractivity contribution in [3.8, 4) is 11.7 Å². The largest absolute Gasteiger partial charge is 0.456 e. The molecular weight excluding hydrogens is 294 g/mol. The second-order valence-electron chi connectivity index (χ2n) is 5.89. The molecule has 2 aromatic heterocycles. The molecule has 0 aromatic carbocycles. The maximum absolute atomic E-state index is 5.96. The highest BCUT2D eigenvalue weighted by Crippen LogP contribution is 2.29. The Morgan fingerprint density at radius 3 is 2.74 bits per heavy atom. The number of hydrogen-bond acceptors (Lipinski definition) is 6. The van der Waals surface area contributed by atoms with Gasteiger partial charge in [-0.15, -0.1) is 0 Å². The van der Waals surface area contributed by atoms with Crippen LogP contribution < -0.4 is 0 Å². The smallest absolute Gasteiger partial charge is 0.293 e. The summed E-state index contributed by atoms with van der Waals surface area (Å²) in [4.78, 5) is 6.87. The summed E-state index contributed by atoms with van der Waals surface area (Å²) in [6.07, 6.45) is 1.80. The molecule has 1 fully saturated rings. The summed E-state index contributed by atoms with van der Waals surface area (Å²) < 4.78 is 16.8. The van der Waals surface area contributed by atoms with E-state index in [1.165, 1.54) is 5.56 Å². The minimum absolute atomic E-state index is 0.239. The summed E-state index contributed by atoms with van der Waals surface area (Å²) in [5.74, 6) is 3.09. The first-order valence-corrected chi connectivity index (χ1v) is 8.50. The fraction of sp³-hybridized carbons (Fsp3) is 0.647. The van der Waals surface area contributed by atoms with Crippen LogP contribution >= 0.6 is 0 Å². The Morgan fingerprint density at radius 1 is 1.26 bits per heavy atom. The average Bonchev–Trinajstić information content (AvgIpc) is 3.31. The van der Waals surface area contributed by atoms with Crippen molar-refractivity contribution < 1.29 is 13.7 Å². The van der Waals surface area contributed by atoms with Crippen molar-refractivity contribution >= 4 is 0 Å². The maximum atomic E-state index is 5.96. The third kappa shape index (κ3) is 3.48. The third-order valence-electron chi connectivity index (χ3n) is 4.45. The predicted molar refractivity (Wildman–Crippen MR) is 86.2 cm³/mol. The van der Waals surface area contributed by atoms with Gasteiger partial charge in [0.2, 0.25) is 0 Å². The fourth-order valence-electron chi connectivity index (χ4n) is 2.93. The summed E-state index contributed by atoms with van der Waals surface area (Å²) >= 11 is 0. The molecular formula is C17H25N3O3. The molecule has 0 unspecified atom stereocenters. The lowest BCUT2D eigenvalue weighted by molar-refractivity contribution is 0.192. The lowest BCUT2D eigenvalue weighted by atomic mass is 10.1. The molecule has 126 valence electrons.